The van der Waals surface area contributed by atoms with Gasteiger partial charge in [-0.15, -0.1) is 11.3 Å². The minimum absolute atomic E-state index is 0.118. The second-order valence-corrected chi connectivity index (χ2v) is 7.72. The Morgan fingerprint density at radius 2 is 2.00 bits per heavy atom. The number of thiophene rings is 1. The standard InChI is InChI=1S/C21H24N2O3S/c1-4-5-10-26-18(24)11-23-13-22-20-19(21(23)25)17(12-27-20)16-8-6-15(7-9-16)14(2)3/h6-9,12-14H,4-5,10-11H2,1-3H3. The highest BCUT2D eigenvalue weighted by Gasteiger charge is 2.15. The van der Waals surface area contributed by atoms with Crippen molar-refractivity contribution in [3.8, 4) is 11.1 Å². The molecule has 0 aliphatic rings. The van der Waals surface area contributed by atoms with Crippen molar-refractivity contribution < 1.29 is 9.53 Å². The highest BCUT2D eigenvalue weighted by Crippen LogP contribution is 2.31. The molecule has 3 aromatic rings. The van der Waals surface area contributed by atoms with Gasteiger partial charge in [-0.1, -0.05) is 51.5 Å². The molecule has 0 aliphatic heterocycles. The van der Waals surface area contributed by atoms with Gasteiger partial charge >= 0.3 is 5.97 Å². The molecule has 0 radical (unpaired) electrons. The fourth-order valence-electron chi connectivity index (χ4n) is 2.86. The minimum atomic E-state index is -0.412. The van der Waals surface area contributed by atoms with Gasteiger partial charge in [0.05, 0.1) is 18.3 Å². The zero-order valence-electron chi connectivity index (χ0n) is 15.9. The van der Waals surface area contributed by atoms with Crippen LogP contribution in [0, 0.1) is 0 Å². The fourth-order valence-corrected chi connectivity index (χ4v) is 3.76. The Kier molecular flexibility index (Phi) is 6.06. The van der Waals surface area contributed by atoms with E-state index in [4.69, 9.17) is 4.74 Å². The number of hydrogen-bond acceptors (Lipinski definition) is 5. The third-order valence-corrected chi connectivity index (χ3v) is 5.40. The number of nitrogens with zero attached hydrogens (tertiary/aromatic N) is 2. The predicted molar refractivity (Wildman–Crippen MR) is 109 cm³/mol. The summed E-state index contributed by atoms with van der Waals surface area (Å²) in [5.41, 5.74) is 2.88. The summed E-state index contributed by atoms with van der Waals surface area (Å²) in [6.07, 6.45) is 3.20. The van der Waals surface area contributed by atoms with E-state index in [0.717, 1.165) is 24.0 Å². The summed E-state index contributed by atoms with van der Waals surface area (Å²) in [7, 11) is 0. The molecule has 0 bridgehead atoms. The molecule has 27 heavy (non-hydrogen) atoms. The van der Waals surface area contributed by atoms with E-state index in [1.54, 1.807) is 0 Å². The molecular formula is C21H24N2O3S. The summed E-state index contributed by atoms with van der Waals surface area (Å²) in [6, 6.07) is 8.24. The number of hydrogen-bond donors (Lipinski definition) is 0. The molecule has 2 heterocycles. The third kappa shape index (κ3) is 4.27. The number of benzene rings is 1. The number of ether oxygens (including phenoxy) is 1. The molecule has 3 rings (SSSR count). The Morgan fingerprint density at radius 3 is 2.67 bits per heavy atom. The Labute approximate surface area is 162 Å². The van der Waals surface area contributed by atoms with Crippen molar-refractivity contribution in [3.05, 3.63) is 51.9 Å². The minimum Gasteiger partial charge on any atom is -0.464 e. The number of carbonyl (C=O) groups excluding carboxylic acids is 1. The normalized spacial score (nSPS) is 11.3. The van der Waals surface area contributed by atoms with Crippen LogP contribution in [0.4, 0.5) is 0 Å². The lowest BCUT2D eigenvalue weighted by molar-refractivity contribution is -0.144. The highest BCUT2D eigenvalue weighted by atomic mass is 32.1. The average molecular weight is 385 g/mol. The lowest BCUT2D eigenvalue weighted by atomic mass is 9.99. The van der Waals surface area contributed by atoms with E-state index < -0.39 is 5.97 Å². The van der Waals surface area contributed by atoms with Gasteiger partial charge in [0.25, 0.3) is 5.56 Å². The zero-order valence-corrected chi connectivity index (χ0v) is 16.7. The molecule has 0 saturated carbocycles. The van der Waals surface area contributed by atoms with Gasteiger partial charge in [0, 0.05) is 10.9 Å². The molecule has 0 N–H and O–H groups in total. The zero-order chi connectivity index (χ0) is 19.4. The van der Waals surface area contributed by atoms with Crippen LogP contribution in [0.15, 0.2) is 40.8 Å². The quantitative estimate of drug-likeness (QED) is 0.441. The highest BCUT2D eigenvalue weighted by molar-refractivity contribution is 7.17. The summed E-state index contributed by atoms with van der Waals surface area (Å²) in [4.78, 5) is 29.9. The monoisotopic (exact) mass is 384 g/mol. The van der Waals surface area contributed by atoms with Crippen molar-refractivity contribution >= 4 is 27.5 Å². The second kappa shape index (κ2) is 8.48. The lowest BCUT2D eigenvalue weighted by Gasteiger charge is -2.08. The number of esters is 1. The molecule has 0 atom stereocenters. The van der Waals surface area contributed by atoms with E-state index in [-0.39, 0.29) is 12.1 Å². The second-order valence-electron chi connectivity index (χ2n) is 6.86. The average Bonchev–Trinajstić information content (AvgIpc) is 3.09. The van der Waals surface area contributed by atoms with E-state index in [0.29, 0.717) is 22.7 Å². The molecular weight excluding hydrogens is 360 g/mol. The molecule has 0 amide bonds. The van der Waals surface area contributed by atoms with E-state index in [1.807, 2.05) is 24.4 Å². The summed E-state index contributed by atoms with van der Waals surface area (Å²) in [5.74, 6) is 0.0423. The van der Waals surface area contributed by atoms with Crippen LogP contribution in [0.2, 0.25) is 0 Å². The maximum atomic E-state index is 12.9. The van der Waals surface area contributed by atoms with Gasteiger partial charge in [-0.05, 0) is 23.5 Å². The maximum Gasteiger partial charge on any atom is 0.326 e. The number of carbonyl (C=O) groups is 1. The van der Waals surface area contributed by atoms with E-state index in [9.17, 15) is 9.59 Å². The first kappa shape index (κ1) is 19.3. The SMILES string of the molecule is CCCCOC(=O)Cn1cnc2scc(-c3ccc(C(C)C)cc3)c2c1=O. The van der Waals surface area contributed by atoms with Crippen LogP contribution in [0.3, 0.4) is 0 Å². The van der Waals surface area contributed by atoms with Crippen molar-refractivity contribution in [2.24, 2.45) is 0 Å². The predicted octanol–water partition coefficient (Wildman–Crippen LogP) is 4.59. The number of aromatic nitrogens is 2. The number of rotatable bonds is 7. The van der Waals surface area contributed by atoms with Crippen molar-refractivity contribution in [3.63, 3.8) is 0 Å². The first-order valence-electron chi connectivity index (χ1n) is 9.23. The van der Waals surface area contributed by atoms with Crippen molar-refractivity contribution in [1.82, 2.24) is 9.55 Å². The van der Waals surface area contributed by atoms with Gasteiger partial charge < -0.3 is 4.74 Å². The topological polar surface area (TPSA) is 61.2 Å². The molecule has 0 aliphatic carbocycles. The molecule has 0 spiro atoms. The fraction of sp³-hybridized carbons (Fsp3) is 0.381. The Bertz CT molecular complexity index is 987. The lowest BCUT2D eigenvalue weighted by Crippen LogP contribution is -2.25. The molecule has 0 saturated heterocycles. The van der Waals surface area contributed by atoms with E-state index in [1.165, 1.54) is 27.8 Å². The summed E-state index contributed by atoms with van der Waals surface area (Å²) >= 11 is 1.44. The first-order chi connectivity index (χ1) is 13.0. The van der Waals surface area contributed by atoms with Crippen molar-refractivity contribution in [1.29, 1.82) is 0 Å². The summed E-state index contributed by atoms with van der Waals surface area (Å²) in [6.45, 7) is 6.59. The van der Waals surface area contributed by atoms with Crippen LogP contribution < -0.4 is 5.56 Å². The van der Waals surface area contributed by atoms with Crippen LogP contribution in [0.25, 0.3) is 21.3 Å². The third-order valence-electron chi connectivity index (χ3n) is 4.51. The first-order valence-corrected chi connectivity index (χ1v) is 10.1. The molecule has 142 valence electrons. The van der Waals surface area contributed by atoms with E-state index in [2.05, 4.69) is 31.0 Å². The number of fused-ring (bicyclic) bond motifs is 1. The van der Waals surface area contributed by atoms with Gasteiger partial charge in [-0.25, -0.2) is 4.98 Å². The number of unbranched alkanes of at least 4 members (excludes halogenated alkanes) is 1. The Balaban J connectivity index is 1.92. The molecule has 0 unspecified atom stereocenters. The van der Waals surface area contributed by atoms with Gasteiger partial charge in [0.15, 0.2) is 0 Å². The molecule has 6 heteroatoms. The van der Waals surface area contributed by atoms with Crippen molar-refractivity contribution in [2.75, 3.05) is 6.61 Å². The van der Waals surface area contributed by atoms with Crippen LogP contribution >= 0.6 is 11.3 Å². The summed E-state index contributed by atoms with van der Waals surface area (Å²) in [5, 5.41) is 2.51. The Morgan fingerprint density at radius 1 is 1.26 bits per heavy atom. The molecule has 0 fully saturated rings. The van der Waals surface area contributed by atoms with Gasteiger partial charge in [-0.2, -0.15) is 0 Å². The molecule has 2 aromatic heterocycles. The van der Waals surface area contributed by atoms with Gasteiger partial charge in [0.1, 0.15) is 11.4 Å². The van der Waals surface area contributed by atoms with Crippen molar-refractivity contribution in [2.45, 2.75) is 46.1 Å². The Hall–Kier alpha value is -2.47. The van der Waals surface area contributed by atoms with Gasteiger partial charge in [0.2, 0.25) is 0 Å². The largest absolute Gasteiger partial charge is 0.464 e. The molecule has 1 aromatic carbocycles. The maximum absolute atomic E-state index is 12.9. The van der Waals surface area contributed by atoms with Gasteiger partial charge in [-0.3, -0.25) is 14.2 Å². The van der Waals surface area contributed by atoms with Crippen LogP contribution in [-0.4, -0.2) is 22.1 Å². The van der Waals surface area contributed by atoms with E-state index >= 15 is 0 Å². The van der Waals surface area contributed by atoms with Crippen LogP contribution in [-0.2, 0) is 16.1 Å². The summed E-state index contributed by atoms with van der Waals surface area (Å²) < 4.78 is 6.49. The molecule has 5 nitrogen and oxygen atoms in total. The van der Waals surface area contributed by atoms with Crippen LogP contribution in [0.5, 0.6) is 0 Å². The smallest absolute Gasteiger partial charge is 0.326 e. The van der Waals surface area contributed by atoms with Crippen LogP contribution in [0.1, 0.15) is 45.1 Å².